The van der Waals surface area contributed by atoms with Crippen molar-refractivity contribution in [3.63, 3.8) is 0 Å². The van der Waals surface area contributed by atoms with E-state index in [1.165, 1.54) is 39.1 Å². The van der Waals surface area contributed by atoms with Crippen molar-refractivity contribution in [3.05, 3.63) is 34.5 Å². The molecule has 0 radical (unpaired) electrons. The van der Waals surface area contributed by atoms with Crippen molar-refractivity contribution in [2.75, 3.05) is 13.7 Å². The third-order valence-corrected chi connectivity index (χ3v) is 8.08. The number of hydrogen-bond donors (Lipinski definition) is 2. The van der Waals surface area contributed by atoms with Crippen LogP contribution in [-0.2, 0) is 9.47 Å². The average molecular weight is 513 g/mol. The van der Waals surface area contributed by atoms with Gasteiger partial charge in [0.05, 0.1) is 23.0 Å². The lowest BCUT2D eigenvalue weighted by Gasteiger charge is -2.43. The molecule has 0 spiro atoms. The predicted octanol–water partition coefficient (Wildman–Crippen LogP) is 2.49. The number of aliphatic hydroxyl groups is 2. The minimum atomic E-state index is -1.07. The van der Waals surface area contributed by atoms with Crippen molar-refractivity contribution >= 4 is 56.4 Å². The van der Waals surface area contributed by atoms with E-state index in [1.807, 2.05) is 6.07 Å². The zero-order valence-corrected chi connectivity index (χ0v) is 19.7. The number of thiazole rings is 2. The first-order valence-corrected chi connectivity index (χ1v) is 12.5. The molecule has 14 heteroatoms. The largest absolute Gasteiger partial charge is 0.394 e. The summed E-state index contributed by atoms with van der Waals surface area (Å²) in [5.74, 6) is 0. The van der Waals surface area contributed by atoms with E-state index < -0.39 is 29.8 Å². The van der Waals surface area contributed by atoms with E-state index in [0.29, 0.717) is 21.5 Å². The van der Waals surface area contributed by atoms with E-state index in [1.54, 1.807) is 30.4 Å². The highest BCUT2D eigenvalue weighted by molar-refractivity contribution is 7.99. The van der Waals surface area contributed by atoms with Gasteiger partial charge in [-0.3, -0.25) is 0 Å². The second-order valence-electron chi connectivity index (χ2n) is 6.93. The van der Waals surface area contributed by atoms with Crippen LogP contribution in [0.5, 0.6) is 0 Å². The van der Waals surface area contributed by atoms with Crippen molar-refractivity contribution in [3.8, 4) is 10.7 Å². The maximum Gasteiger partial charge on any atom is 0.170 e. The van der Waals surface area contributed by atoms with Crippen molar-refractivity contribution in [1.82, 2.24) is 29.9 Å². The Morgan fingerprint density at radius 3 is 2.97 bits per heavy atom. The summed E-state index contributed by atoms with van der Waals surface area (Å²) in [5.41, 5.74) is 2.42. The Labute approximate surface area is 199 Å². The van der Waals surface area contributed by atoms with Crippen molar-refractivity contribution in [2.24, 2.45) is 0 Å². The van der Waals surface area contributed by atoms with E-state index >= 15 is 0 Å². The van der Waals surface area contributed by atoms with E-state index in [9.17, 15) is 10.2 Å². The first kappa shape index (κ1) is 22.1. The molecule has 168 valence electrons. The number of halogens is 1. The molecule has 0 amide bonds. The number of nitrogens with zero attached hydrogens (tertiary/aromatic N) is 6. The van der Waals surface area contributed by atoms with Crippen LogP contribution in [-0.4, -0.2) is 77.6 Å². The maximum atomic E-state index is 10.9. The molecule has 0 bridgehead atoms. The average Bonchev–Trinajstić information content (AvgIpc) is 3.54. The van der Waals surface area contributed by atoms with Gasteiger partial charge in [0.15, 0.2) is 5.65 Å². The molecule has 5 heterocycles. The molecule has 0 saturated carbocycles. The highest BCUT2D eigenvalue weighted by Crippen LogP contribution is 2.40. The second kappa shape index (κ2) is 9.27. The molecular formula is C18H17ClN6O4S3. The third-order valence-electron chi connectivity index (χ3n) is 5.02. The first-order valence-electron chi connectivity index (χ1n) is 9.43. The van der Waals surface area contributed by atoms with Crippen LogP contribution in [0.4, 0.5) is 0 Å². The number of thioether (sulfide) groups is 1. The number of hydrogen-bond acceptors (Lipinski definition) is 12. The van der Waals surface area contributed by atoms with Gasteiger partial charge in [0.2, 0.25) is 0 Å². The highest BCUT2D eigenvalue weighted by atomic mass is 35.5. The van der Waals surface area contributed by atoms with Gasteiger partial charge in [0.1, 0.15) is 45.6 Å². The van der Waals surface area contributed by atoms with Crippen molar-refractivity contribution < 1.29 is 19.7 Å². The van der Waals surface area contributed by atoms with E-state index in [0.717, 1.165) is 9.60 Å². The quantitative estimate of drug-likeness (QED) is 0.397. The van der Waals surface area contributed by atoms with Gasteiger partial charge >= 0.3 is 0 Å². The van der Waals surface area contributed by atoms with Gasteiger partial charge in [-0.2, -0.15) is 0 Å². The molecule has 32 heavy (non-hydrogen) atoms. The van der Waals surface area contributed by atoms with Crippen LogP contribution in [0.1, 0.15) is 6.04 Å². The summed E-state index contributed by atoms with van der Waals surface area (Å²) in [7, 11) is 1.55. The van der Waals surface area contributed by atoms with Crippen LogP contribution < -0.4 is 0 Å². The Morgan fingerprint density at radius 2 is 2.22 bits per heavy atom. The lowest BCUT2D eigenvalue weighted by atomic mass is 9.97. The smallest absolute Gasteiger partial charge is 0.170 e. The summed E-state index contributed by atoms with van der Waals surface area (Å²) >= 11 is 10.2. The minimum Gasteiger partial charge on any atom is -0.394 e. The van der Waals surface area contributed by atoms with Gasteiger partial charge in [-0.15, -0.1) is 27.8 Å². The fourth-order valence-corrected chi connectivity index (χ4v) is 6.35. The lowest BCUT2D eigenvalue weighted by molar-refractivity contribution is -0.186. The number of ether oxygens (including phenoxy) is 2. The Bertz CT molecular complexity index is 1220. The Hall–Kier alpha value is -1.71. The number of methoxy groups -OCH3 is 1. The predicted molar refractivity (Wildman–Crippen MR) is 121 cm³/mol. The number of aliphatic hydroxyl groups excluding tert-OH is 2. The molecule has 4 aromatic heterocycles. The Balaban J connectivity index is 1.45. The molecule has 0 aromatic carbocycles. The van der Waals surface area contributed by atoms with Crippen LogP contribution in [0.3, 0.4) is 0 Å². The molecule has 1 fully saturated rings. The topological polar surface area (TPSA) is 128 Å². The van der Waals surface area contributed by atoms with Crippen LogP contribution in [0.15, 0.2) is 34.2 Å². The Morgan fingerprint density at radius 1 is 1.34 bits per heavy atom. The highest BCUT2D eigenvalue weighted by Gasteiger charge is 2.47. The molecule has 5 unspecified atom stereocenters. The van der Waals surface area contributed by atoms with E-state index in [-0.39, 0.29) is 6.61 Å². The number of aromatic nitrogens is 6. The van der Waals surface area contributed by atoms with Crippen LogP contribution in [0.25, 0.3) is 21.0 Å². The van der Waals surface area contributed by atoms with Gasteiger partial charge in [0, 0.05) is 23.6 Å². The van der Waals surface area contributed by atoms with Gasteiger partial charge in [-0.1, -0.05) is 28.6 Å². The maximum absolute atomic E-state index is 10.9. The third kappa shape index (κ3) is 4.15. The fourth-order valence-electron chi connectivity index (χ4n) is 3.54. The van der Waals surface area contributed by atoms with Crippen LogP contribution in [0.2, 0.25) is 5.15 Å². The molecule has 1 aliphatic rings. The van der Waals surface area contributed by atoms with Gasteiger partial charge < -0.3 is 19.7 Å². The SMILES string of the molecule is COC1C(Sc2cnc3ncsc3c2)OC(CO)C(O)C1n1cc(-c2nc(Cl)cs2)nn1. The lowest BCUT2D eigenvalue weighted by Crippen LogP contribution is -2.55. The van der Waals surface area contributed by atoms with Crippen LogP contribution >= 0.6 is 46.0 Å². The Kier molecular flexibility index (Phi) is 6.40. The van der Waals surface area contributed by atoms with Crippen molar-refractivity contribution in [1.29, 1.82) is 0 Å². The number of fused-ring (bicyclic) bond motifs is 1. The monoisotopic (exact) mass is 512 g/mol. The van der Waals surface area contributed by atoms with E-state index in [2.05, 4.69) is 25.3 Å². The van der Waals surface area contributed by atoms with Gasteiger partial charge in [-0.25, -0.2) is 19.6 Å². The van der Waals surface area contributed by atoms with Crippen LogP contribution in [0, 0.1) is 0 Å². The molecule has 1 saturated heterocycles. The standard InChI is InChI=1S/C18H17ClN6O4S3/c1-28-15-13(25-4-9(23-24-25)17-22-12(19)6-30-17)14(27)10(5-26)29-18(15)32-8-2-11-16(20-3-8)21-7-31-11/h2-4,6-7,10,13-15,18,26-27H,5H2,1H3. The molecule has 2 N–H and O–H groups in total. The first-order chi connectivity index (χ1) is 15.6. The summed E-state index contributed by atoms with van der Waals surface area (Å²) in [5, 5.41) is 31.9. The molecule has 4 aromatic rings. The minimum absolute atomic E-state index is 0.360. The summed E-state index contributed by atoms with van der Waals surface area (Å²) in [6.07, 6.45) is 0.909. The zero-order chi connectivity index (χ0) is 22.2. The number of pyridine rings is 1. The molecular weight excluding hydrogens is 496 g/mol. The molecule has 1 aliphatic heterocycles. The van der Waals surface area contributed by atoms with Gasteiger partial charge in [-0.05, 0) is 6.07 Å². The zero-order valence-electron chi connectivity index (χ0n) is 16.5. The fraction of sp³-hybridized carbons (Fsp3) is 0.389. The summed E-state index contributed by atoms with van der Waals surface area (Å²) < 4.78 is 14.3. The molecule has 5 rings (SSSR count). The summed E-state index contributed by atoms with van der Waals surface area (Å²) in [6, 6.07) is 1.33. The van der Waals surface area contributed by atoms with Gasteiger partial charge in [0.25, 0.3) is 0 Å². The number of rotatable bonds is 6. The summed E-state index contributed by atoms with van der Waals surface area (Å²) in [6.45, 7) is -0.360. The second-order valence-corrected chi connectivity index (χ2v) is 10.2. The van der Waals surface area contributed by atoms with Crippen molar-refractivity contribution in [2.45, 2.75) is 34.7 Å². The molecule has 10 nitrogen and oxygen atoms in total. The van der Waals surface area contributed by atoms with E-state index in [4.69, 9.17) is 21.1 Å². The molecule has 5 atom stereocenters. The summed E-state index contributed by atoms with van der Waals surface area (Å²) in [4.78, 5) is 13.6. The normalized spacial score (nSPS) is 26.1. The molecule has 0 aliphatic carbocycles.